The van der Waals surface area contributed by atoms with Crippen LogP contribution < -0.4 is 5.73 Å². The van der Waals surface area contributed by atoms with E-state index in [0.717, 1.165) is 0 Å². The predicted molar refractivity (Wildman–Crippen MR) is 37.9 cm³/mol. The molecule has 9 heavy (non-hydrogen) atoms. The Morgan fingerprint density at radius 1 is 1.56 bits per heavy atom. The molecule has 2 N–H and O–H groups in total. The second-order valence-electron chi connectivity index (χ2n) is 1.58. The van der Waals surface area contributed by atoms with Crippen LogP contribution in [0.25, 0.3) is 0 Å². The number of nitrogens with two attached hydrogens (primary N) is 1. The summed E-state index contributed by atoms with van der Waals surface area (Å²) in [5.41, 5.74) is 5.86. The molecule has 0 rings (SSSR count). The average Bonchev–Trinajstić information content (AvgIpc) is 1.83. The van der Waals surface area contributed by atoms with Gasteiger partial charge in [0, 0.05) is 5.70 Å². The minimum Gasteiger partial charge on any atom is -0.402 e. The summed E-state index contributed by atoms with van der Waals surface area (Å²) in [6.07, 6.45) is 3.57. The van der Waals surface area contributed by atoms with Crippen LogP contribution in [-0.2, 0) is 4.79 Å². The minimum atomic E-state index is 0.153. The van der Waals surface area contributed by atoms with Crippen LogP contribution in [0.3, 0.4) is 0 Å². The Morgan fingerprint density at radius 2 is 2.11 bits per heavy atom. The highest BCUT2D eigenvalue weighted by atomic mass is 35.5. The summed E-state index contributed by atoms with van der Waals surface area (Å²) in [6.45, 7) is 1.71. The number of halogens is 1. The first kappa shape index (κ1) is 8.24. The van der Waals surface area contributed by atoms with Gasteiger partial charge in [-0.25, -0.2) is 0 Å². The van der Waals surface area contributed by atoms with E-state index in [1.54, 1.807) is 13.0 Å². The standard InChI is InChI=1S/C6H8ClNO/c1-5(8)2-3-6(7)4-9/h2-4H,8H2,1H3/b5-2+,6-3+. The molecule has 0 saturated heterocycles. The van der Waals surface area contributed by atoms with Crippen LogP contribution in [-0.4, -0.2) is 6.29 Å². The van der Waals surface area contributed by atoms with Crippen molar-refractivity contribution in [1.82, 2.24) is 0 Å². The third kappa shape index (κ3) is 5.11. The van der Waals surface area contributed by atoms with Crippen molar-refractivity contribution in [2.45, 2.75) is 6.92 Å². The maximum atomic E-state index is 9.85. The first-order chi connectivity index (χ1) is 4.16. The van der Waals surface area contributed by atoms with Gasteiger partial charge in [0.25, 0.3) is 0 Å². The molecule has 0 aliphatic heterocycles. The Hall–Kier alpha value is -0.760. The maximum absolute atomic E-state index is 9.85. The van der Waals surface area contributed by atoms with Gasteiger partial charge in [-0.05, 0) is 19.1 Å². The number of rotatable bonds is 2. The summed E-state index contributed by atoms with van der Waals surface area (Å²) in [5.74, 6) is 0. The van der Waals surface area contributed by atoms with Crippen LogP contribution in [0.1, 0.15) is 6.92 Å². The third-order valence-corrected chi connectivity index (χ3v) is 0.833. The van der Waals surface area contributed by atoms with Crippen molar-refractivity contribution >= 4 is 17.9 Å². The molecule has 0 spiro atoms. The van der Waals surface area contributed by atoms with Gasteiger partial charge in [0.05, 0.1) is 5.03 Å². The minimum absolute atomic E-state index is 0.153. The van der Waals surface area contributed by atoms with Crippen LogP contribution >= 0.6 is 11.6 Å². The highest BCUT2D eigenvalue weighted by molar-refractivity contribution is 6.38. The van der Waals surface area contributed by atoms with Crippen LogP contribution in [0, 0.1) is 0 Å². The van der Waals surface area contributed by atoms with Crippen molar-refractivity contribution in [2.75, 3.05) is 0 Å². The molecule has 0 unspecified atom stereocenters. The van der Waals surface area contributed by atoms with E-state index >= 15 is 0 Å². The van der Waals surface area contributed by atoms with Crippen LogP contribution in [0.5, 0.6) is 0 Å². The molecule has 0 aromatic heterocycles. The largest absolute Gasteiger partial charge is 0.402 e. The van der Waals surface area contributed by atoms with Gasteiger partial charge in [0.15, 0.2) is 6.29 Å². The van der Waals surface area contributed by atoms with Crippen molar-refractivity contribution < 1.29 is 4.79 Å². The molecular formula is C6H8ClNO. The van der Waals surface area contributed by atoms with Gasteiger partial charge in [-0.15, -0.1) is 0 Å². The van der Waals surface area contributed by atoms with E-state index in [0.29, 0.717) is 12.0 Å². The molecule has 0 aliphatic carbocycles. The van der Waals surface area contributed by atoms with E-state index in [2.05, 4.69) is 0 Å². The lowest BCUT2D eigenvalue weighted by atomic mass is 10.4. The monoisotopic (exact) mass is 145 g/mol. The van der Waals surface area contributed by atoms with Crippen LogP contribution in [0.15, 0.2) is 22.9 Å². The van der Waals surface area contributed by atoms with Crippen LogP contribution in [0.2, 0.25) is 0 Å². The van der Waals surface area contributed by atoms with Crippen molar-refractivity contribution in [2.24, 2.45) is 5.73 Å². The molecule has 0 amide bonds. The summed E-state index contributed by atoms with van der Waals surface area (Å²) in [5, 5.41) is 0.153. The molecule has 0 fully saturated rings. The quantitative estimate of drug-likeness (QED) is 0.360. The highest BCUT2D eigenvalue weighted by Crippen LogP contribution is 1.96. The SMILES string of the molecule is C/C(N)=C\C=C(\Cl)C=O. The van der Waals surface area contributed by atoms with E-state index < -0.39 is 0 Å². The molecule has 0 bridgehead atoms. The predicted octanol–water partition coefficient (Wildman–Crippen LogP) is 1.17. The van der Waals surface area contributed by atoms with Gasteiger partial charge in [0.1, 0.15) is 0 Å². The maximum Gasteiger partial charge on any atom is 0.161 e. The Kier molecular flexibility index (Phi) is 3.80. The second kappa shape index (κ2) is 4.15. The third-order valence-electron chi connectivity index (χ3n) is 0.618. The van der Waals surface area contributed by atoms with E-state index in [4.69, 9.17) is 17.3 Å². The zero-order valence-electron chi connectivity index (χ0n) is 5.10. The fourth-order valence-electron chi connectivity index (χ4n) is 0.250. The van der Waals surface area contributed by atoms with Crippen molar-refractivity contribution in [1.29, 1.82) is 0 Å². The topological polar surface area (TPSA) is 43.1 Å². The number of carbonyl (C=O) groups is 1. The zero-order valence-corrected chi connectivity index (χ0v) is 5.85. The molecule has 0 atom stereocenters. The van der Waals surface area contributed by atoms with Gasteiger partial charge in [-0.2, -0.15) is 0 Å². The number of hydrogen-bond donors (Lipinski definition) is 1. The van der Waals surface area contributed by atoms with Gasteiger partial charge >= 0.3 is 0 Å². The van der Waals surface area contributed by atoms with Crippen LogP contribution in [0.4, 0.5) is 0 Å². The molecular weight excluding hydrogens is 138 g/mol. The first-order valence-electron chi connectivity index (χ1n) is 2.41. The Morgan fingerprint density at radius 3 is 2.44 bits per heavy atom. The Bertz CT molecular complexity index is 156. The molecule has 0 aliphatic rings. The molecule has 0 radical (unpaired) electrons. The van der Waals surface area contributed by atoms with Gasteiger partial charge in [-0.1, -0.05) is 11.6 Å². The van der Waals surface area contributed by atoms with Gasteiger partial charge in [-0.3, -0.25) is 4.79 Å². The molecule has 0 heterocycles. The molecule has 0 aromatic carbocycles. The Balaban J connectivity index is 3.98. The van der Waals surface area contributed by atoms with Crippen molar-refractivity contribution in [3.05, 3.63) is 22.9 Å². The number of aldehydes is 1. The molecule has 0 aromatic rings. The van der Waals surface area contributed by atoms with Crippen molar-refractivity contribution in [3.63, 3.8) is 0 Å². The second-order valence-corrected chi connectivity index (χ2v) is 2.02. The smallest absolute Gasteiger partial charge is 0.161 e. The molecule has 3 heteroatoms. The van der Waals surface area contributed by atoms with E-state index in [1.807, 2.05) is 0 Å². The highest BCUT2D eigenvalue weighted by Gasteiger charge is 1.81. The van der Waals surface area contributed by atoms with E-state index in [9.17, 15) is 4.79 Å². The van der Waals surface area contributed by atoms with E-state index in [1.165, 1.54) is 6.08 Å². The number of carbonyl (C=O) groups excluding carboxylic acids is 1. The summed E-state index contributed by atoms with van der Waals surface area (Å²) in [7, 11) is 0. The molecule has 0 saturated carbocycles. The lowest BCUT2D eigenvalue weighted by Gasteiger charge is -1.82. The summed E-state index contributed by atoms with van der Waals surface area (Å²) in [4.78, 5) is 9.85. The summed E-state index contributed by atoms with van der Waals surface area (Å²) in [6, 6.07) is 0. The molecule has 50 valence electrons. The van der Waals surface area contributed by atoms with Gasteiger partial charge in [0.2, 0.25) is 0 Å². The first-order valence-corrected chi connectivity index (χ1v) is 2.79. The lowest BCUT2D eigenvalue weighted by molar-refractivity contribution is -0.104. The van der Waals surface area contributed by atoms with Crippen molar-refractivity contribution in [3.8, 4) is 0 Å². The lowest BCUT2D eigenvalue weighted by Crippen LogP contribution is -1.88. The Labute approximate surface area is 59.0 Å². The average molecular weight is 146 g/mol. The van der Waals surface area contributed by atoms with E-state index in [-0.39, 0.29) is 5.03 Å². The fourth-order valence-corrected chi connectivity index (χ4v) is 0.313. The normalized spacial score (nSPS) is 13.6. The van der Waals surface area contributed by atoms with Gasteiger partial charge < -0.3 is 5.73 Å². The number of allylic oxidation sites excluding steroid dienone is 4. The summed E-state index contributed by atoms with van der Waals surface area (Å²) < 4.78 is 0. The number of hydrogen-bond acceptors (Lipinski definition) is 2. The summed E-state index contributed by atoms with van der Waals surface area (Å²) >= 11 is 5.30. The molecule has 2 nitrogen and oxygen atoms in total. The fraction of sp³-hybridized carbons (Fsp3) is 0.167. The zero-order chi connectivity index (χ0) is 7.28.